The van der Waals surface area contributed by atoms with Crippen LogP contribution in [-0.2, 0) is 16.0 Å². The van der Waals surface area contributed by atoms with Crippen LogP contribution in [0.15, 0.2) is 24.3 Å². The van der Waals surface area contributed by atoms with E-state index in [1.165, 1.54) is 7.11 Å². The SMILES string of the molecule is COC(=O)CN1CCCc2ccccc2C1=O. The normalized spacial score (nSPS) is 15.1. The van der Waals surface area contributed by atoms with Gasteiger partial charge in [-0.15, -0.1) is 0 Å². The van der Waals surface area contributed by atoms with Crippen molar-refractivity contribution in [2.24, 2.45) is 0 Å². The maximum absolute atomic E-state index is 12.2. The Bertz CT molecular complexity index is 442. The monoisotopic (exact) mass is 233 g/mol. The molecule has 0 fully saturated rings. The number of hydrogen-bond donors (Lipinski definition) is 0. The quantitative estimate of drug-likeness (QED) is 0.722. The van der Waals surface area contributed by atoms with Gasteiger partial charge < -0.3 is 9.64 Å². The number of rotatable bonds is 2. The van der Waals surface area contributed by atoms with Gasteiger partial charge in [-0.2, -0.15) is 0 Å². The molecule has 1 aromatic carbocycles. The number of amides is 1. The van der Waals surface area contributed by atoms with E-state index in [9.17, 15) is 9.59 Å². The van der Waals surface area contributed by atoms with E-state index in [2.05, 4.69) is 4.74 Å². The van der Waals surface area contributed by atoms with Crippen molar-refractivity contribution >= 4 is 11.9 Å². The van der Waals surface area contributed by atoms with Crippen LogP contribution < -0.4 is 0 Å². The molecule has 1 aliphatic heterocycles. The second-order valence-corrected chi connectivity index (χ2v) is 4.06. The molecule has 4 heteroatoms. The van der Waals surface area contributed by atoms with Gasteiger partial charge in [0.25, 0.3) is 5.91 Å². The Morgan fingerprint density at radius 2 is 2.18 bits per heavy atom. The topological polar surface area (TPSA) is 46.6 Å². The first-order chi connectivity index (χ1) is 8.22. The fourth-order valence-corrected chi connectivity index (χ4v) is 2.05. The summed E-state index contributed by atoms with van der Waals surface area (Å²) >= 11 is 0. The molecule has 0 radical (unpaired) electrons. The van der Waals surface area contributed by atoms with Crippen molar-refractivity contribution in [1.29, 1.82) is 0 Å². The van der Waals surface area contributed by atoms with Crippen LogP contribution in [0.3, 0.4) is 0 Å². The maximum Gasteiger partial charge on any atom is 0.325 e. The van der Waals surface area contributed by atoms with Gasteiger partial charge in [0.1, 0.15) is 6.54 Å². The maximum atomic E-state index is 12.2. The first kappa shape index (κ1) is 11.6. The molecule has 1 aliphatic rings. The summed E-state index contributed by atoms with van der Waals surface area (Å²) in [6.45, 7) is 0.631. The van der Waals surface area contributed by atoms with Crippen molar-refractivity contribution in [1.82, 2.24) is 4.90 Å². The highest BCUT2D eigenvalue weighted by atomic mass is 16.5. The van der Waals surface area contributed by atoms with Crippen LogP contribution in [0.2, 0.25) is 0 Å². The van der Waals surface area contributed by atoms with Crippen molar-refractivity contribution in [2.75, 3.05) is 20.2 Å². The van der Waals surface area contributed by atoms with Gasteiger partial charge in [0.2, 0.25) is 0 Å². The predicted molar refractivity (Wildman–Crippen MR) is 62.7 cm³/mol. The average Bonchev–Trinajstić information content (AvgIpc) is 2.51. The molecule has 0 atom stereocenters. The highest BCUT2D eigenvalue weighted by Gasteiger charge is 2.23. The van der Waals surface area contributed by atoms with Crippen molar-refractivity contribution in [3.05, 3.63) is 35.4 Å². The number of ether oxygens (including phenoxy) is 1. The Kier molecular flexibility index (Phi) is 3.42. The second-order valence-electron chi connectivity index (χ2n) is 4.06. The fraction of sp³-hybridized carbons (Fsp3) is 0.385. The number of methoxy groups -OCH3 is 1. The van der Waals surface area contributed by atoms with Crippen LogP contribution in [0.1, 0.15) is 22.3 Å². The van der Waals surface area contributed by atoms with Gasteiger partial charge in [0, 0.05) is 12.1 Å². The highest BCUT2D eigenvalue weighted by Crippen LogP contribution is 2.18. The standard InChI is InChI=1S/C13H15NO3/c1-17-12(15)9-14-8-4-6-10-5-2-3-7-11(10)13(14)16/h2-3,5,7H,4,6,8-9H2,1H3. The van der Waals surface area contributed by atoms with E-state index in [4.69, 9.17) is 0 Å². The molecule has 0 aromatic heterocycles. The molecule has 0 aliphatic carbocycles. The van der Waals surface area contributed by atoms with Crippen LogP contribution in [0, 0.1) is 0 Å². The molecule has 4 nitrogen and oxygen atoms in total. The third-order valence-corrected chi connectivity index (χ3v) is 2.96. The summed E-state index contributed by atoms with van der Waals surface area (Å²) in [6, 6.07) is 7.56. The minimum atomic E-state index is -0.377. The summed E-state index contributed by atoms with van der Waals surface area (Å²) < 4.78 is 4.60. The van der Waals surface area contributed by atoms with E-state index in [0.29, 0.717) is 12.1 Å². The van der Waals surface area contributed by atoms with Crippen LogP contribution >= 0.6 is 0 Å². The Morgan fingerprint density at radius 1 is 1.41 bits per heavy atom. The van der Waals surface area contributed by atoms with Gasteiger partial charge in [0.05, 0.1) is 7.11 Å². The summed E-state index contributed by atoms with van der Waals surface area (Å²) in [5.74, 6) is -0.457. The molecule has 90 valence electrons. The Hall–Kier alpha value is -1.84. The van der Waals surface area contributed by atoms with Gasteiger partial charge in [0.15, 0.2) is 0 Å². The number of nitrogens with zero attached hydrogens (tertiary/aromatic N) is 1. The predicted octanol–water partition coefficient (Wildman–Crippen LogP) is 1.25. The zero-order valence-electron chi connectivity index (χ0n) is 9.81. The fourth-order valence-electron chi connectivity index (χ4n) is 2.05. The number of hydrogen-bond acceptors (Lipinski definition) is 3. The van der Waals surface area contributed by atoms with Crippen molar-refractivity contribution in [2.45, 2.75) is 12.8 Å². The van der Waals surface area contributed by atoms with Gasteiger partial charge in [-0.1, -0.05) is 18.2 Å². The van der Waals surface area contributed by atoms with E-state index in [0.717, 1.165) is 18.4 Å². The number of carbonyl (C=O) groups is 2. The molecule has 0 bridgehead atoms. The van der Waals surface area contributed by atoms with E-state index in [1.54, 1.807) is 4.90 Å². The lowest BCUT2D eigenvalue weighted by Gasteiger charge is -2.19. The van der Waals surface area contributed by atoms with Crippen molar-refractivity contribution < 1.29 is 14.3 Å². The minimum absolute atomic E-state index is 0.0314. The molecule has 17 heavy (non-hydrogen) atoms. The van der Waals surface area contributed by atoms with Crippen LogP contribution in [0.4, 0.5) is 0 Å². The Labute approximate surface area is 100 Å². The molecular formula is C13H15NO3. The molecule has 0 unspecified atom stereocenters. The van der Waals surface area contributed by atoms with Crippen LogP contribution in [0.5, 0.6) is 0 Å². The third kappa shape index (κ3) is 2.46. The highest BCUT2D eigenvalue weighted by molar-refractivity contribution is 5.97. The zero-order valence-corrected chi connectivity index (χ0v) is 9.81. The Morgan fingerprint density at radius 3 is 2.94 bits per heavy atom. The smallest absolute Gasteiger partial charge is 0.325 e. The third-order valence-electron chi connectivity index (χ3n) is 2.96. The number of benzene rings is 1. The largest absolute Gasteiger partial charge is 0.468 e. The van der Waals surface area contributed by atoms with Gasteiger partial charge in [-0.3, -0.25) is 9.59 Å². The van der Waals surface area contributed by atoms with Crippen LogP contribution in [-0.4, -0.2) is 37.0 Å². The zero-order chi connectivity index (χ0) is 12.3. The molecule has 0 saturated carbocycles. The molecular weight excluding hydrogens is 218 g/mol. The summed E-state index contributed by atoms with van der Waals surface area (Å²) in [5, 5.41) is 0. The Balaban J connectivity index is 2.23. The van der Waals surface area contributed by atoms with Crippen molar-refractivity contribution in [3.63, 3.8) is 0 Å². The van der Waals surface area contributed by atoms with Gasteiger partial charge >= 0.3 is 5.97 Å². The summed E-state index contributed by atoms with van der Waals surface area (Å²) in [6.07, 6.45) is 1.75. The molecule has 2 rings (SSSR count). The van der Waals surface area contributed by atoms with Crippen LogP contribution in [0.25, 0.3) is 0 Å². The summed E-state index contributed by atoms with van der Waals surface area (Å²) in [5.41, 5.74) is 1.76. The first-order valence-corrected chi connectivity index (χ1v) is 5.66. The van der Waals surface area contributed by atoms with E-state index < -0.39 is 0 Å². The number of esters is 1. The van der Waals surface area contributed by atoms with E-state index in [-0.39, 0.29) is 18.4 Å². The lowest BCUT2D eigenvalue weighted by molar-refractivity contribution is -0.141. The summed E-state index contributed by atoms with van der Waals surface area (Å²) in [7, 11) is 1.33. The number of fused-ring (bicyclic) bond motifs is 1. The van der Waals surface area contributed by atoms with E-state index >= 15 is 0 Å². The number of carbonyl (C=O) groups excluding carboxylic acids is 2. The lowest BCUT2D eigenvalue weighted by Crippen LogP contribution is -2.36. The minimum Gasteiger partial charge on any atom is -0.468 e. The molecule has 0 N–H and O–H groups in total. The van der Waals surface area contributed by atoms with Gasteiger partial charge in [-0.25, -0.2) is 0 Å². The van der Waals surface area contributed by atoms with E-state index in [1.807, 2.05) is 24.3 Å². The first-order valence-electron chi connectivity index (χ1n) is 5.66. The molecule has 1 aromatic rings. The van der Waals surface area contributed by atoms with Crippen molar-refractivity contribution in [3.8, 4) is 0 Å². The summed E-state index contributed by atoms with van der Waals surface area (Å²) in [4.78, 5) is 25.0. The molecule has 1 heterocycles. The average molecular weight is 233 g/mol. The number of aryl methyl sites for hydroxylation is 1. The van der Waals surface area contributed by atoms with Gasteiger partial charge in [-0.05, 0) is 24.5 Å². The molecule has 1 amide bonds. The molecule has 0 saturated heterocycles. The second kappa shape index (κ2) is 4.99. The lowest BCUT2D eigenvalue weighted by atomic mass is 10.0. The molecule has 0 spiro atoms.